The quantitative estimate of drug-likeness (QED) is 0.240. The Morgan fingerprint density at radius 1 is 0.914 bits per heavy atom. The molecular formula is C25H22Cl2N4O4. The van der Waals surface area contributed by atoms with E-state index in [9.17, 15) is 14.4 Å². The summed E-state index contributed by atoms with van der Waals surface area (Å²) in [6.45, 7) is 2.00. The van der Waals surface area contributed by atoms with Gasteiger partial charge in [-0.1, -0.05) is 53.0 Å². The van der Waals surface area contributed by atoms with Crippen molar-refractivity contribution >= 4 is 52.8 Å². The number of hydrogen-bond donors (Lipinski definition) is 3. The minimum atomic E-state index is -0.874. The molecule has 3 aromatic rings. The molecule has 3 N–H and O–H groups in total. The van der Waals surface area contributed by atoms with Gasteiger partial charge in [0.15, 0.2) is 6.61 Å². The van der Waals surface area contributed by atoms with Gasteiger partial charge >= 0.3 is 11.8 Å². The van der Waals surface area contributed by atoms with Crippen LogP contribution in [0.15, 0.2) is 71.8 Å². The van der Waals surface area contributed by atoms with Crippen molar-refractivity contribution in [1.29, 1.82) is 0 Å². The minimum Gasteiger partial charge on any atom is -0.484 e. The number of aryl methyl sites for hydroxylation is 1. The summed E-state index contributed by atoms with van der Waals surface area (Å²) in [7, 11) is 0. The topological polar surface area (TPSA) is 109 Å². The van der Waals surface area contributed by atoms with E-state index in [1.165, 1.54) is 6.21 Å². The van der Waals surface area contributed by atoms with Gasteiger partial charge in [-0.25, -0.2) is 5.43 Å². The molecule has 35 heavy (non-hydrogen) atoms. The van der Waals surface area contributed by atoms with Crippen molar-refractivity contribution in [1.82, 2.24) is 10.7 Å². The molecule has 0 aliphatic heterocycles. The second kappa shape index (κ2) is 12.5. The standard InChI is InChI=1S/C25H22Cl2N4O4/c1-16-2-4-17(5-3-16)13-28-24(33)25(34)31-29-14-18-6-9-20(10-7-18)35-15-23(32)30-19-8-11-21(26)22(27)12-19/h2-12,14H,13,15H2,1H3,(H,28,33)(H,30,32)(H,31,34)/b29-14-. The molecule has 0 saturated carbocycles. The number of hydrogen-bond acceptors (Lipinski definition) is 5. The van der Waals surface area contributed by atoms with Gasteiger partial charge in [-0.15, -0.1) is 0 Å². The molecule has 180 valence electrons. The summed E-state index contributed by atoms with van der Waals surface area (Å²) < 4.78 is 5.45. The number of anilines is 1. The van der Waals surface area contributed by atoms with Crippen LogP contribution < -0.4 is 20.8 Å². The fourth-order valence-electron chi connectivity index (χ4n) is 2.75. The van der Waals surface area contributed by atoms with Crippen LogP contribution in [0, 0.1) is 6.92 Å². The lowest BCUT2D eigenvalue weighted by Crippen LogP contribution is -2.37. The smallest absolute Gasteiger partial charge is 0.329 e. The highest BCUT2D eigenvalue weighted by molar-refractivity contribution is 6.42. The lowest BCUT2D eigenvalue weighted by atomic mass is 10.1. The van der Waals surface area contributed by atoms with E-state index in [4.69, 9.17) is 27.9 Å². The Morgan fingerprint density at radius 2 is 1.63 bits per heavy atom. The molecule has 3 aromatic carbocycles. The maximum absolute atomic E-state index is 12.0. The van der Waals surface area contributed by atoms with Gasteiger partial charge in [0.2, 0.25) is 0 Å². The Hall–Kier alpha value is -3.88. The first-order valence-corrected chi connectivity index (χ1v) is 11.2. The third kappa shape index (κ3) is 8.44. The Kier molecular flexibility index (Phi) is 9.23. The second-order valence-electron chi connectivity index (χ2n) is 7.40. The van der Waals surface area contributed by atoms with Gasteiger partial charge in [-0.3, -0.25) is 14.4 Å². The van der Waals surface area contributed by atoms with Crippen LogP contribution in [0.1, 0.15) is 16.7 Å². The van der Waals surface area contributed by atoms with Crippen LogP contribution in [0.3, 0.4) is 0 Å². The summed E-state index contributed by atoms with van der Waals surface area (Å²) in [4.78, 5) is 35.8. The number of nitrogens with one attached hydrogen (secondary N) is 3. The van der Waals surface area contributed by atoms with Crippen molar-refractivity contribution in [2.75, 3.05) is 11.9 Å². The lowest BCUT2D eigenvalue weighted by Gasteiger charge is -2.08. The molecule has 0 unspecified atom stereocenters. The van der Waals surface area contributed by atoms with Crippen LogP contribution in [0.5, 0.6) is 5.75 Å². The molecule has 0 saturated heterocycles. The van der Waals surface area contributed by atoms with Crippen LogP contribution >= 0.6 is 23.2 Å². The van der Waals surface area contributed by atoms with Gasteiger partial charge in [0.25, 0.3) is 5.91 Å². The predicted molar refractivity (Wildman–Crippen MR) is 136 cm³/mol. The summed E-state index contributed by atoms with van der Waals surface area (Å²) in [6.07, 6.45) is 1.38. The van der Waals surface area contributed by atoms with Crippen molar-refractivity contribution in [2.45, 2.75) is 13.5 Å². The molecule has 0 fully saturated rings. The molecule has 0 aliphatic carbocycles. The Morgan fingerprint density at radius 3 is 2.31 bits per heavy atom. The third-order valence-corrected chi connectivity index (χ3v) is 5.35. The lowest BCUT2D eigenvalue weighted by molar-refractivity contribution is -0.139. The molecule has 0 bridgehead atoms. The van der Waals surface area contributed by atoms with E-state index >= 15 is 0 Å². The zero-order valence-electron chi connectivity index (χ0n) is 18.7. The van der Waals surface area contributed by atoms with Crippen molar-refractivity contribution in [3.63, 3.8) is 0 Å². The number of carbonyl (C=O) groups is 3. The van der Waals surface area contributed by atoms with Gasteiger partial charge < -0.3 is 15.4 Å². The maximum Gasteiger partial charge on any atom is 0.329 e. The highest BCUT2D eigenvalue weighted by Gasteiger charge is 2.12. The Labute approximate surface area is 212 Å². The van der Waals surface area contributed by atoms with Gasteiger partial charge in [0.1, 0.15) is 5.75 Å². The van der Waals surface area contributed by atoms with E-state index < -0.39 is 11.8 Å². The summed E-state index contributed by atoms with van der Waals surface area (Å²) in [5.41, 5.74) is 5.33. The van der Waals surface area contributed by atoms with E-state index in [1.54, 1.807) is 42.5 Å². The van der Waals surface area contributed by atoms with E-state index in [-0.39, 0.29) is 19.1 Å². The van der Waals surface area contributed by atoms with Gasteiger partial charge in [0.05, 0.1) is 16.3 Å². The summed E-state index contributed by atoms with van der Waals surface area (Å²) in [6, 6.07) is 19.0. The number of carbonyl (C=O) groups excluding carboxylic acids is 3. The van der Waals surface area contributed by atoms with Crippen molar-refractivity contribution < 1.29 is 19.1 Å². The van der Waals surface area contributed by atoms with Crippen LogP contribution in [-0.4, -0.2) is 30.5 Å². The average Bonchev–Trinajstić information content (AvgIpc) is 2.85. The Bertz CT molecular complexity index is 1230. The number of nitrogens with zero attached hydrogens (tertiary/aromatic N) is 1. The molecule has 0 spiro atoms. The fraction of sp³-hybridized carbons (Fsp3) is 0.120. The molecule has 8 nitrogen and oxygen atoms in total. The Balaban J connectivity index is 1.40. The van der Waals surface area contributed by atoms with E-state index in [0.717, 1.165) is 11.1 Å². The number of halogens is 2. The van der Waals surface area contributed by atoms with Crippen LogP contribution in [-0.2, 0) is 20.9 Å². The summed E-state index contributed by atoms with van der Waals surface area (Å²) >= 11 is 11.8. The van der Waals surface area contributed by atoms with Crippen molar-refractivity contribution in [2.24, 2.45) is 5.10 Å². The maximum atomic E-state index is 12.0. The first-order valence-electron chi connectivity index (χ1n) is 10.4. The number of benzene rings is 3. The highest BCUT2D eigenvalue weighted by atomic mass is 35.5. The molecule has 0 heterocycles. The monoisotopic (exact) mass is 512 g/mol. The number of rotatable bonds is 8. The normalized spacial score (nSPS) is 10.6. The molecule has 0 aromatic heterocycles. The van der Waals surface area contributed by atoms with Crippen LogP contribution in [0.2, 0.25) is 10.0 Å². The van der Waals surface area contributed by atoms with Crippen molar-refractivity contribution in [3.8, 4) is 5.75 Å². The zero-order chi connectivity index (χ0) is 25.2. The molecule has 10 heteroatoms. The number of amides is 3. The molecule has 0 atom stereocenters. The van der Waals surface area contributed by atoms with Crippen molar-refractivity contribution in [3.05, 3.63) is 93.5 Å². The largest absolute Gasteiger partial charge is 0.484 e. The number of ether oxygens (including phenoxy) is 1. The van der Waals surface area contributed by atoms with Crippen LogP contribution in [0.25, 0.3) is 0 Å². The molecule has 3 rings (SSSR count). The minimum absolute atomic E-state index is 0.207. The molecule has 0 radical (unpaired) electrons. The molecule has 0 aliphatic rings. The predicted octanol–water partition coefficient (Wildman–Crippen LogP) is 4.09. The number of hydrazone groups is 1. The molecule has 3 amide bonds. The van der Waals surface area contributed by atoms with Gasteiger partial charge in [-0.05, 0) is 60.5 Å². The molecular weight excluding hydrogens is 491 g/mol. The highest BCUT2D eigenvalue weighted by Crippen LogP contribution is 2.25. The average molecular weight is 513 g/mol. The van der Waals surface area contributed by atoms with E-state index in [2.05, 4.69) is 21.2 Å². The first kappa shape index (κ1) is 25.7. The first-order chi connectivity index (χ1) is 16.8. The van der Waals surface area contributed by atoms with Gasteiger partial charge in [-0.2, -0.15) is 5.10 Å². The third-order valence-electron chi connectivity index (χ3n) is 4.61. The van der Waals surface area contributed by atoms with Gasteiger partial charge in [0, 0.05) is 12.2 Å². The second-order valence-corrected chi connectivity index (χ2v) is 8.22. The summed E-state index contributed by atoms with van der Waals surface area (Å²) in [5.74, 6) is -1.56. The van der Waals surface area contributed by atoms with E-state index in [0.29, 0.717) is 27.0 Å². The van der Waals surface area contributed by atoms with Crippen LogP contribution in [0.4, 0.5) is 5.69 Å². The SMILES string of the molecule is Cc1ccc(CNC(=O)C(=O)N/N=C\c2ccc(OCC(=O)Nc3ccc(Cl)c(Cl)c3)cc2)cc1. The fourth-order valence-corrected chi connectivity index (χ4v) is 3.05. The summed E-state index contributed by atoms with van der Waals surface area (Å²) in [5, 5.41) is 9.70. The zero-order valence-corrected chi connectivity index (χ0v) is 20.2. The van der Waals surface area contributed by atoms with E-state index in [1.807, 2.05) is 31.2 Å².